The van der Waals surface area contributed by atoms with Gasteiger partial charge in [-0.3, -0.25) is 4.68 Å². The molecule has 3 atom stereocenters. The van der Waals surface area contributed by atoms with Gasteiger partial charge in [0.25, 0.3) is 0 Å². The number of fused-ring (bicyclic) bond motifs is 3. The molecule has 0 saturated heterocycles. The van der Waals surface area contributed by atoms with E-state index in [9.17, 15) is 4.79 Å². The highest BCUT2D eigenvalue weighted by atomic mass is 16.5. The van der Waals surface area contributed by atoms with Gasteiger partial charge in [-0.2, -0.15) is 5.10 Å². The number of rotatable bonds is 4. The summed E-state index contributed by atoms with van der Waals surface area (Å²) in [6.07, 6.45) is 5.48. The number of anilines is 1. The average molecular weight is 353 g/mol. The van der Waals surface area contributed by atoms with Gasteiger partial charge in [0.15, 0.2) is 0 Å². The second-order valence-corrected chi connectivity index (χ2v) is 6.73. The number of aromatic nitrogens is 2. The molecule has 1 N–H and O–H groups in total. The van der Waals surface area contributed by atoms with E-state index in [0.29, 0.717) is 24.1 Å². The van der Waals surface area contributed by atoms with Crippen molar-refractivity contribution in [2.24, 2.45) is 13.0 Å². The summed E-state index contributed by atoms with van der Waals surface area (Å²) in [4.78, 5) is 12.1. The summed E-state index contributed by atoms with van der Waals surface area (Å²) in [7, 11) is 3.47. The number of carbonyl (C=O) groups is 1. The first-order valence-corrected chi connectivity index (χ1v) is 8.94. The molecule has 2 aromatic rings. The Morgan fingerprint density at radius 1 is 1.38 bits per heavy atom. The fourth-order valence-electron chi connectivity index (χ4n) is 4.03. The molecule has 1 aromatic heterocycles. The highest BCUT2D eigenvalue weighted by molar-refractivity contribution is 5.87. The maximum Gasteiger partial charge on any atom is 0.356 e. The van der Waals surface area contributed by atoms with Crippen LogP contribution < -0.4 is 10.1 Å². The van der Waals surface area contributed by atoms with Gasteiger partial charge in [0.1, 0.15) is 11.4 Å². The third-order valence-electron chi connectivity index (χ3n) is 5.27. The Kier molecular flexibility index (Phi) is 4.18. The predicted molar refractivity (Wildman–Crippen MR) is 98.5 cm³/mol. The molecule has 0 radical (unpaired) electrons. The standard InChI is InChI=1S/C20H23N3O3/c1-4-26-20(24)18-11-17(22-23(18)2)19-14-7-5-6-13(14)15-10-12(25-3)8-9-16(15)21-19/h5-6,8-11,13-14,19,21H,4,7H2,1-3H3/t13-,14+,19-/m1/s1. The quantitative estimate of drug-likeness (QED) is 0.674. The maximum absolute atomic E-state index is 12.1. The van der Waals surface area contributed by atoms with Crippen LogP contribution in [-0.4, -0.2) is 29.5 Å². The largest absolute Gasteiger partial charge is 0.497 e. The number of benzene rings is 1. The number of allylic oxidation sites excluding steroid dienone is 2. The summed E-state index contributed by atoms with van der Waals surface area (Å²) < 4.78 is 12.1. The van der Waals surface area contributed by atoms with Crippen LogP contribution in [-0.2, 0) is 11.8 Å². The zero-order valence-corrected chi connectivity index (χ0v) is 15.2. The molecule has 6 heteroatoms. The van der Waals surface area contributed by atoms with Crippen LogP contribution in [0.4, 0.5) is 5.69 Å². The monoisotopic (exact) mass is 353 g/mol. The summed E-state index contributed by atoms with van der Waals surface area (Å²) >= 11 is 0. The minimum Gasteiger partial charge on any atom is -0.497 e. The van der Waals surface area contributed by atoms with Gasteiger partial charge in [-0.05, 0) is 49.1 Å². The maximum atomic E-state index is 12.1. The van der Waals surface area contributed by atoms with Crippen LogP contribution in [0.1, 0.15) is 47.1 Å². The number of aryl methyl sites for hydroxylation is 1. The molecule has 0 saturated carbocycles. The lowest BCUT2D eigenvalue weighted by Gasteiger charge is -2.36. The Morgan fingerprint density at radius 3 is 3.00 bits per heavy atom. The lowest BCUT2D eigenvalue weighted by molar-refractivity contribution is 0.0513. The van der Waals surface area contributed by atoms with Crippen LogP contribution in [0.3, 0.4) is 0 Å². The smallest absolute Gasteiger partial charge is 0.356 e. The van der Waals surface area contributed by atoms with Crippen molar-refractivity contribution in [3.63, 3.8) is 0 Å². The molecule has 1 aliphatic carbocycles. The highest BCUT2D eigenvalue weighted by Crippen LogP contribution is 2.50. The Hall–Kier alpha value is -2.76. The minimum absolute atomic E-state index is 0.0465. The molecule has 0 unspecified atom stereocenters. The van der Waals surface area contributed by atoms with E-state index >= 15 is 0 Å². The van der Waals surface area contributed by atoms with Gasteiger partial charge in [-0.15, -0.1) is 0 Å². The summed E-state index contributed by atoms with van der Waals surface area (Å²) in [6.45, 7) is 2.16. The van der Waals surface area contributed by atoms with Crippen molar-refractivity contribution in [1.82, 2.24) is 9.78 Å². The van der Waals surface area contributed by atoms with E-state index in [1.165, 1.54) is 5.56 Å². The van der Waals surface area contributed by atoms with Gasteiger partial charge in [0, 0.05) is 18.7 Å². The lowest BCUT2D eigenvalue weighted by atomic mass is 9.78. The molecule has 1 aromatic carbocycles. The van der Waals surface area contributed by atoms with Crippen molar-refractivity contribution in [1.29, 1.82) is 0 Å². The fourth-order valence-corrected chi connectivity index (χ4v) is 4.03. The van der Waals surface area contributed by atoms with E-state index in [0.717, 1.165) is 23.6 Å². The van der Waals surface area contributed by atoms with Gasteiger partial charge in [-0.25, -0.2) is 4.79 Å². The zero-order valence-electron chi connectivity index (χ0n) is 15.2. The number of hydrogen-bond donors (Lipinski definition) is 1. The molecule has 0 spiro atoms. The number of hydrogen-bond acceptors (Lipinski definition) is 5. The van der Waals surface area contributed by atoms with Gasteiger partial charge in [-0.1, -0.05) is 12.2 Å². The molecular formula is C20H23N3O3. The summed E-state index contributed by atoms with van der Waals surface area (Å²) in [5, 5.41) is 8.23. The van der Waals surface area contributed by atoms with Gasteiger partial charge in [0.2, 0.25) is 0 Å². The summed E-state index contributed by atoms with van der Waals surface area (Å²) in [5.41, 5.74) is 3.69. The van der Waals surface area contributed by atoms with Crippen molar-refractivity contribution < 1.29 is 14.3 Å². The summed E-state index contributed by atoms with van der Waals surface area (Å²) in [6, 6.07) is 8.02. The molecule has 136 valence electrons. The predicted octanol–water partition coefficient (Wildman–Crippen LogP) is 3.43. The van der Waals surface area contributed by atoms with E-state index in [1.807, 2.05) is 12.1 Å². The zero-order chi connectivity index (χ0) is 18.3. The second-order valence-electron chi connectivity index (χ2n) is 6.73. The van der Waals surface area contributed by atoms with Crippen LogP contribution >= 0.6 is 0 Å². The van der Waals surface area contributed by atoms with Crippen LogP contribution in [0.5, 0.6) is 5.75 Å². The molecule has 0 fully saturated rings. The number of methoxy groups -OCH3 is 1. The molecule has 2 heterocycles. The van der Waals surface area contributed by atoms with Crippen LogP contribution in [0.25, 0.3) is 0 Å². The topological polar surface area (TPSA) is 65.4 Å². The van der Waals surface area contributed by atoms with E-state index < -0.39 is 0 Å². The van der Waals surface area contributed by atoms with Gasteiger partial charge >= 0.3 is 5.97 Å². The van der Waals surface area contributed by atoms with E-state index in [2.05, 4.69) is 34.7 Å². The van der Waals surface area contributed by atoms with E-state index in [-0.39, 0.29) is 12.0 Å². The molecule has 4 rings (SSSR count). The Labute approximate surface area is 152 Å². The number of carbonyl (C=O) groups excluding carboxylic acids is 1. The fraction of sp³-hybridized carbons (Fsp3) is 0.400. The minimum atomic E-state index is -0.337. The normalized spacial score (nSPS) is 23.1. The van der Waals surface area contributed by atoms with Crippen LogP contribution in [0.2, 0.25) is 0 Å². The summed E-state index contributed by atoms with van der Waals surface area (Å²) in [5.74, 6) is 1.21. The first-order chi connectivity index (χ1) is 12.6. The molecule has 26 heavy (non-hydrogen) atoms. The van der Waals surface area contributed by atoms with Crippen molar-refractivity contribution in [2.45, 2.75) is 25.3 Å². The van der Waals surface area contributed by atoms with E-state index in [4.69, 9.17) is 9.47 Å². The second kappa shape index (κ2) is 6.52. The number of esters is 1. The first-order valence-electron chi connectivity index (χ1n) is 8.94. The molecule has 0 amide bonds. The Morgan fingerprint density at radius 2 is 2.23 bits per heavy atom. The van der Waals surface area contributed by atoms with Crippen molar-refractivity contribution in [3.8, 4) is 5.75 Å². The van der Waals surface area contributed by atoms with Gasteiger partial charge < -0.3 is 14.8 Å². The number of nitrogens with zero attached hydrogens (tertiary/aromatic N) is 2. The Bertz CT molecular complexity index is 871. The van der Waals surface area contributed by atoms with Crippen molar-refractivity contribution in [3.05, 3.63) is 53.4 Å². The number of ether oxygens (including phenoxy) is 2. The molecule has 6 nitrogen and oxygen atoms in total. The third kappa shape index (κ3) is 2.66. The van der Waals surface area contributed by atoms with E-state index in [1.54, 1.807) is 25.8 Å². The molecular weight excluding hydrogens is 330 g/mol. The SMILES string of the molecule is CCOC(=O)c1cc([C@@H]2Nc3ccc(OC)cc3[C@@H]3C=CC[C@@H]32)nn1C. The lowest BCUT2D eigenvalue weighted by Crippen LogP contribution is -2.29. The molecule has 2 aliphatic rings. The number of nitrogens with one attached hydrogen (secondary N) is 1. The van der Waals surface area contributed by atoms with Crippen molar-refractivity contribution in [2.75, 3.05) is 19.0 Å². The average Bonchev–Trinajstić information content (AvgIpc) is 3.28. The van der Waals surface area contributed by atoms with Gasteiger partial charge in [0.05, 0.1) is 25.5 Å². The van der Waals surface area contributed by atoms with Crippen LogP contribution in [0.15, 0.2) is 36.4 Å². The Balaban J connectivity index is 1.70. The molecule has 0 bridgehead atoms. The highest BCUT2D eigenvalue weighted by Gasteiger charge is 2.39. The third-order valence-corrected chi connectivity index (χ3v) is 5.27. The van der Waals surface area contributed by atoms with Crippen molar-refractivity contribution >= 4 is 11.7 Å². The van der Waals surface area contributed by atoms with Crippen LogP contribution in [0, 0.1) is 5.92 Å². The molecule has 1 aliphatic heterocycles. The first kappa shape index (κ1) is 16.7.